The molecule has 0 aromatic heterocycles. The molecule has 128 valence electrons. The van der Waals surface area contributed by atoms with Crippen molar-refractivity contribution >= 4 is 35.4 Å². The van der Waals surface area contributed by atoms with Gasteiger partial charge in [0.15, 0.2) is 0 Å². The fourth-order valence-electron chi connectivity index (χ4n) is 2.26. The fourth-order valence-corrected chi connectivity index (χ4v) is 2.26. The molecule has 2 aromatic carbocycles. The Kier molecular flexibility index (Phi) is 4.83. The first-order valence-corrected chi connectivity index (χ1v) is 7.74. The van der Waals surface area contributed by atoms with Gasteiger partial charge in [0.1, 0.15) is 5.57 Å². The van der Waals surface area contributed by atoms with Crippen LogP contribution in [0.5, 0.6) is 0 Å². The van der Waals surface area contributed by atoms with Crippen molar-refractivity contribution in [3.8, 4) is 0 Å². The third-order valence-corrected chi connectivity index (χ3v) is 3.62. The number of nitrogens with one attached hydrogen (secondary N) is 2. The summed E-state index contributed by atoms with van der Waals surface area (Å²) in [5.41, 5.74) is 3.48. The number of anilines is 1. The van der Waals surface area contributed by atoms with Crippen LogP contribution < -0.4 is 21.3 Å². The van der Waals surface area contributed by atoms with Crippen molar-refractivity contribution in [3.05, 3.63) is 70.2 Å². The summed E-state index contributed by atoms with van der Waals surface area (Å²) in [7, 11) is 0. The van der Waals surface area contributed by atoms with Gasteiger partial charge in [-0.05, 0) is 30.7 Å². The monoisotopic (exact) mass is 346 g/mol. The Morgan fingerprint density at radius 3 is 2.58 bits per heavy atom. The van der Waals surface area contributed by atoms with Crippen LogP contribution in [0.4, 0.5) is 5.69 Å². The molecule has 0 fully saturated rings. The van der Waals surface area contributed by atoms with Gasteiger partial charge in [-0.1, -0.05) is 36.4 Å². The van der Waals surface area contributed by atoms with E-state index in [9.17, 15) is 14.4 Å². The van der Waals surface area contributed by atoms with E-state index < -0.39 is 17.7 Å². The number of aryl methyl sites for hydroxylation is 1. The first kappa shape index (κ1) is 17.0. The van der Waals surface area contributed by atoms with Crippen LogP contribution in [0.2, 0.25) is 0 Å². The van der Waals surface area contributed by atoms with Crippen LogP contribution in [0.1, 0.15) is 5.56 Å². The minimum Gasteiger partial charge on any atom is -0.317 e. The maximum absolute atomic E-state index is 11.9. The summed E-state index contributed by atoms with van der Waals surface area (Å²) >= 11 is 0. The number of hydrazone groups is 1. The third-order valence-electron chi connectivity index (χ3n) is 3.62. The van der Waals surface area contributed by atoms with E-state index in [1.165, 1.54) is 0 Å². The molecule has 0 atom stereocenters. The van der Waals surface area contributed by atoms with E-state index in [4.69, 9.17) is 0 Å². The Hall–Kier alpha value is -3.83. The lowest BCUT2D eigenvalue weighted by atomic mass is 10.1. The maximum atomic E-state index is 11.9. The average molecular weight is 346 g/mol. The summed E-state index contributed by atoms with van der Waals surface area (Å²) in [5.74, 6) is 0.0401. The van der Waals surface area contributed by atoms with Gasteiger partial charge in [0, 0.05) is 16.8 Å². The fraction of sp³-hybridized carbons (Fsp3) is 0.0526. The van der Waals surface area contributed by atoms with E-state index in [1.807, 2.05) is 30.5 Å². The van der Waals surface area contributed by atoms with Crippen LogP contribution in [0.3, 0.4) is 0 Å². The largest absolute Gasteiger partial charge is 0.330 e. The quantitative estimate of drug-likeness (QED) is 0.352. The molecular weight excluding hydrogens is 332 g/mol. The van der Waals surface area contributed by atoms with E-state index in [1.54, 1.807) is 36.4 Å². The van der Waals surface area contributed by atoms with Gasteiger partial charge >= 0.3 is 11.8 Å². The maximum Gasteiger partial charge on any atom is 0.330 e. The zero-order valence-electron chi connectivity index (χ0n) is 13.8. The predicted octanol–water partition coefficient (Wildman–Crippen LogP) is 0.201. The van der Waals surface area contributed by atoms with Crippen LogP contribution in [-0.2, 0) is 14.4 Å². The van der Waals surface area contributed by atoms with Gasteiger partial charge in [0.2, 0.25) is 0 Å². The zero-order chi connectivity index (χ0) is 18.5. The SMILES string of the molecule is Cc1ccccc1NC(=O)C(=O)NN=C=C1C=c2ccccc2=NC1=O. The number of rotatable bonds is 2. The highest BCUT2D eigenvalue weighted by Gasteiger charge is 2.14. The number of hydrogen-bond donors (Lipinski definition) is 2. The molecule has 0 aliphatic carbocycles. The van der Waals surface area contributed by atoms with Crippen molar-refractivity contribution in [1.82, 2.24) is 5.43 Å². The molecule has 0 saturated carbocycles. The van der Waals surface area contributed by atoms with Crippen molar-refractivity contribution < 1.29 is 14.4 Å². The number of carbonyl (C=O) groups is 3. The number of para-hydroxylation sites is 2. The van der Waals surface area contributed by atoms with Crippen molar-refractivity contribution in [1.29, 1.82) is 0 Å². The summed E-state index contributed by atoms with van der Waals surface area (Å²) in [4.78, 5) is 39.5. The number of benzene rings is 2. The molecule has 7 heteroatoms. The molecule has 1 heterocycles. The molecule has 26 heavy (non-hydrogen) atoms. The number of fused-ring (bicyclic) bond motifs is 1. The summed E-state index contributed by atoms with van der Waals surface area (Å²) < 4.78 is 0. The minimum atomic E-state index is -0.970. The van der Waals surface area contributed by atoms with Gasteiger partial charge < -0.3 is 5.32 Å². The molecule has 7 nitrogen and oxygen atoms in total. The number of nitrogens with zero attached hydrogens (tertiary/aromatic N) is 2. The minimum absolute atomic E-state index is 0.0864. The summed E-state index contributed by atoms with van der Waals surface area (Å²) in [5, 5.41) is 7.33. The Morgan fingerprint density at radius 1 is 1.04 bits per heavy atom. The van der Waals surface area contributed by atoms with Crippen LogP contribution in [0.25, 0.3) is 6.08 Å². The predicted molar refractivity (Wildman–Crippen MR) is 95.6 cm³/mol. The molecular formula is C19H14N4O3. The third kappa shape index (κ3) is 3.80. The lowest BCUT2D eigenvalue weighted by Crippen LogP contribution is -2.32. The van der Waals surface area contributed by atoms with Gasteiger partial charge in [0.25, 0.3) is 5.91 Å². The highest BCUT2D eigenvalue weighted by molar-refractivity contribution is 6.39. The van der Waals surface area contributed by atoms with Crippen molar-refractivity contribution in [2.75, 3.05) is 5.32 Å². The Bertz CT molecular complexity index is 1100. The number of hydrogen-bond acceptors (Lipinski definition) is 4. The second kappa shape index (κ2) is 7.38. The first-order chi connectivity index (χ1) is 12.5. The molecule has 2 N–H and O–H groups in total. The average Bonchev–Trinajstić information content (AvgIpc) is 2.63. The van der Waals surface area contributed by atoms with E-state index in [0.717, 1.165) is 10.8 Å². The van der Waals surface area contributed by atoms with Crippen molar-refractivity contribution in [2.45, 2.75) is 6.92 Å². The molecule has 2 aromatic rings. The normalized spacial score (nSPS) is 12.0. The van der Waals surface area contributed by atoms with Crippen LogP contribution in [-0.4, -0.2) is 23.6 Å². The summed E-state index contributed by atoms with van der Waals surface area (Å²) in [6.45, 7) is 1.81. The van der Waals surface area contributed by atoms with E-state index in [0.29, 0.717) is 11.0 Å². The number of carbonyl (C=O) groups excluding carboxylic acids is 3. The van der Waals surface area contributed by atoms with Crippen molar-refractivity contribution in [2.24, 2.45) is 10.1 Å². The molecule has 3 amide bonds. The standard InChI is InChI=1S/C19H14N4O3/c1-12-6-2-4-8-15(12)21-18(25)19(26)23-20-11-14-10-13-7-3-5-9-16(13)22-17(14)24/h2-10H,1H3,(H,21,25)(H,23,26). The van der Waals surface area contributed by atoms with E-state index >= 15 is 0 Å². The molecule has 0 saturated heterocycles. The Labute approximate surface area is 148 Å². The Morgan fingerprint density at radius 2 is 1.77 bits per heavy atom. The molecule has 1 aliphatic heterocycles. The second-order valence-corrected chi connectivity index (χ2v) is 5.47. The van der Waals surface area contributed by atoms with Gasteiger partial charge in [-0.2, -0.15) is 0 Å². The zero-order valence-corrected chi connectivity index (χ0v) is 13.8. The summed E-state index contributed by atoms with van der Waals surface area (Å²) in [6, 6.07) is 14.2. The lowest BCUT2D eigenvalue weighted by molar-refractivity contribution is -0.136. The molecule has 0 unspecified atom stereocenters. The van der Waals surface area contributed by atoms with Crippen molar-refractivity contribution in [3.63, 3.8) is 0 Å². The first-order valence-electron chi connectivity index (χ1n) is 7.74. The van der Waals surface area contributed by atoms with Gasteiger partial charge in [-0.25, -0.2) is 10.4 Å². The lowest BCUT2D eigenvalue weighted by Gasteiger charge is -2.06. The molecule has 1 aliphatic rings. The van der Waals surface area contributed by atoms with E-state index in [2.05, 4.69) is 21.3 Å². The van der Waals surface area contributed by atoms with E-state index in [-0.39, 0.29) is 5.57 Å². The van der Waals surface area contributed by atoms with Gasteiger partial charge in [0.05, 0.1) is 5.36 Å². The van der Waals surface area contributed by atoms with Crippen LogP contribution in [0.15, 0.2) is 64.2 Å². The highest BCUT2D eigenvalue weighted by atomic mass is 16.2. The molecule has 0 bridgehead atoms. The number of amides is 3. The van der Waals surface area contributed by atoms with Gasteiger partial charge in [-0.3, -0.25) is 14.4 Å². The summed E-state index contributed by atoms with van der Waals surface area (Å²) in [6.07, 6.45) is 1.56. The van der Waals surface area contributed by atoms with Gasteiger partial charge in [-0.15, -0.1) is 5.10 Å². The Balaban J connectivity index is 1.72. The van der Waals surface area contributed by atoms with Crippen LogP contribution in [0, 0.1) is 6.92 Å². The highest BCUT2D eigenvalue weighted by Crippen LogP contribution is 2.12. The molecule has 0 spiro atoms. The molecule has 3 rings (SSSR count). The molecule has 0 radical (unpaired) electrons. The van der Waals surface area contributed by atoms with Crippen LogP contribution >= 0.6 is 0 Å². The smallest absolute Gasteiger partial charge is 0.317 e. The topological polar surface area (TPSA) is 100.0 Å². The second-order valence-electron chi connectivity index (χ2n) is 5.47.